The van der Waals surface area contributed by atoms with Crippen LogP contribution in [-0.4, -0.2) is 16.1 Å². The maximum Gasteiger partial charge on any atom is 0.235 e. The number of nitrogens with one attached hydrogen (secondary N) is 1. The number of aryl methyl sites for hydroxylation is 1. The summed E-state index contributed by atoms with van der Waals surface area (Å²) in [6.45, 7) is 5.82. The molecule has 1 aromatic rings. The number of anilines is 1. The zero-order valence-corrected chi connectivity index (χ0v) is 8.59. The van der Waals surface area contributed by atoms with E-state index in [9.17, 15) is 4.79 Å². The Labute approximate surface area is 82.7 Å². The number of nitrogens with zero attached hydrogens (tertiary/aromatic N) is 2. The summed E-state index contributed by atoms with van der Waals surface area (Å²) in [5, 5.41) is 10.7. The van der Waals surface area contributed by atoms with Crippen LogP contribution < -0.4 is 5.32 Å². The Balaban J connectivity index is 2.56. The van der Waals surface area contributed by atoms with Crippen molar-refractivity contribution >= 4 is 11.7 Å². The lowest BCUT2D eigenvalue weighted by Crippen LogP contribution is -2.26. The van der Waals surface area contributed by atoms with Crippen LogP contribution in [0.4, 0.5) is 5.82 Å². The number of aromatic nitrogens is 2. The molecule has 1 amide bonds. The van der Waals surface area contributed by atoms with Gasteiger partial charge >= 0.3 is 0 Å². The molecule has 0 saturated carbocycles. The Bertz CT molecular complexity index is 398. The van der Waals surface area contributed by atoms with Crippen LogP contribution in [-0.2, 0) is 16.6 Å². The summed E-state index contributed by atoms with van der Waals surface area (Å²) in [6, 6.07) is 1.96. The Morgan fingerprint density at radius 3 is 2.79 bits per heavy atom. The molecular weight excluding hydrogens is 178 g/mol. The molecule has 0 fully saturated rings. The second-order valence-electron chi connectivity index (χ2n) is 4.03. The van der Waals surface area contributed by atoms with Gasteiger partial charge in [-0.3, -0.25) is 4.79 Å². The number of carbonyl (C=O) groups is 1. The number of hydrogen-bond acceptors (Lipinski definition) is 3. The maximum absolute atomic E-state index is 11.6. The molecule has 74 valence electrons. The third-order valence-electron chi connectivity index (χ3n) is 2.68. The summed E-state index contributed by atoms with van der Waals surface area (Å²) in [5.74, 6) is 0.604. The first kappa shape index (κ1) is 9.12. The highest BCUT2D eigenvalue weighted by Crippen LogP contribution is 2.35. The summed E-state index contributed by atoms with van der Waals surface area (Å²) in [4.78, 5) is 11.6. The van der Waals surface area contributed by atoms with Gasteiger partial charge in [-0.2, -0.15) is 5.10 Å². The van der Waals surface area contributed by atoms with E-state index in [2.05, 4.69) is 15.5 Å². The van der Waals surface area contributed by atoms with Gasteiger partial charge < -0.3 is 5.32 Å². The topological polar surface area (TPSA) is 54.9 Å². The van der Waals surface area contributed by atoms with Crippen molar-refractivity contribution in [2.45, 2.75) is 32.6 Å². The molecule has 0 aliphatic carbocycles. The van der Waals surface area contributed by atoms with Crippen molar-refractivity contribution in [3.8, 4) is 0 Å². The normalized spacial score (nSPS) is 17.8. The smallest absolute Gasteiger partial charge is 0.235 e. The number of carbonyl (C=O) groups excluding carboxylic acids is 1. The molecule has 1 N–H and O–H groups in total. The van der Waals surface area contributed by atoms with Crippen LogP contribution in [0.5, 0.6) is 0 Å². The highest BCUT2D eigenvalue weighted by atomic mass is 16.2. The minimum Gasteiger partial charge on any atom is -0.308 e. The molecule has 4 heteroatoms. The monoisotopic (exact) mass is 191 g/mol. The summed E-state index contributed by atoms with van der Waals surface area (Å²) in [7, 11) is 0. The fraction of sp³-hybridized carbons (Fsp3) is 0.500. The van der Waals surface area contributed by atoms with E-state index >= 15 is 0 Å². The van der Waals surface area contributed by atoms with E-state index in [1.807, 2.05) is 26.8 Å². The molecule has 0 radical (unpaired) electrons. The molecule has 0 unspecified atom stereocenters. The first-order valence-electron chi connectivity index (χ1n) is 4.74. The lowest BCUT2D eigenvalue weighted by atomic mass is 9.87. The SMILES string of the molecule is CCc1cc2c(nn1)NC(=O)C2(C)C. The van der Waals surface area contributed by atoms with Crippen molar-refractivity contribution in [3.05, 3.63) is 17.3 Å². The fourth-order valence-electron chi connectivity index (χ4n) is 1.56. The van der Waals surface area contributed by atoms with Crippen LogP contribution in [0.3, 0.4) is 0 Å². The summed E-state index contributed by atoms with van der Waals surface area (Å²) >= 11 is 0. The molecule has 0 saturated heterocycles. The van der Waals surface area contributed by atoms with Gasteiger partial charge in [-0.25, -0.2) is 0 Å². The lowest BCUT2D eigenvalue weighted by Gasteiger charge is -2.14. The molecular formula is C10H13N3O. The van der Waals surface area contributed by atoms with Gasteiger partial charge in [-0.05, 0) is 26.3 Å². The van der Waals surface area contributed by atoms with Gasteiger partial charge in [0, 0.05) is 5.56 Å². The molecule has 0 bridgehead atoms. The van der Waals surface area contributed by atoms with E-state index in [0.29, 0.717) is 5.82 Å². The van der Waals surface area contributed by atoms with Crippen molar-refractivity contribution in [2.75, 3.05) is 5.32 Å². The highest BCUT2D eigenvalue weighted by molar-refractivity contribution is 6.04. The fourth-order valence-corrected chi connectivity index (χ4v) is 1.56. The molecule has 2 heterocycles. The second kappa shape index (κ2) is 2.77. The van der Waals surface area contributed by atoms with E-state index in [-0.39, 0.29) is 5.91 Å². The van der Waals surface area contributed by atoms with E-state index < -0.39 is 5.41 Å². The number of amides is 1. The van der Waals surface area contributed by atoms with Crippen LogP contribution in [0.2, 0.25) is 0 Å². The average Bonchev–Trinajstić information content (AvgIpc) is 2.38. The third-order valence-corrected chi connectivity index (χ3v) is 2.68. The minimum absolute atomic E-state index is 0.00458. The predicted molar refractivity (Wildman–Crippen MR) is 53.1 cm³/mol. The van der Waals surface area contributed by atoms with E-state index in [4.69, 9.17) is 0 Å². The van der Waals surface area contributed by atoms with Crippen LogP contribution in [0.1, 0.15) is 32.0 Å². The molecule has 1 aliphatic heterocycles. The van der Waals surface area contributed by atoms with Crippen molar-refractivity contribution < 1.29 is 4.79 Å². The zero-order valence-electron chi connectivity index (χ0n) is 8.59. The summed E-state index contributed by atoms with van der Waals surface area (Å²) in [5.41, 5.74) is 1.40. The Kier molecular flexibility index (Phi) is 1.80. The summed E-state index contributed by atoms with van der Waals surface area (Å²) in [6.07, 6.45) is 0.838. The van der Waals surface area contributed by atoms with Crippen LogP contribution in [0, 0.1) is 0 Å². The molecule has 0 atom stereocenters. The van der Waals surface area contributed by atoms with E-state index in [1.54, 1.807) is 0 Å². The van der Waals surface area contributed by atoms with Gasteiger partial charge in [-0.15, -0.1) is 5.10 Å². The van der Waals surface area contributed by atoms with Gasteiger partial charge in [0.15, 0.2) is 5.82 Å². The lowest BCUT2D eigenvalue weighted by molar-refractivity contribution is -0.119. The Morgan fingerprint density at radius 1 is 1.43 bits per heavy atom. The van der Waals surface area contributed by atoms with Crippen molar-refractivity contribution in [2.24, 2.45) is 0 Å². The van der Waals surface area contributed by atoms with Gasteiger partial charge in [0.05, 0.1) is 11.1 Å². The molecule has 2 rings (SSSR count). The first-order valence-corrected chi connectivity index (χ1v) is 4.74. The Morgan fingerprint density at radius 2 is 2.14 bits per heavy atom. The zero-order chi connectivity index (χ0) is 10.3. The molecule has 0 spiro atoms. The van der Waals surface area contributed by atoms with Crippen LogP contribution in [0.25, 0.3) is 0 Å². The number of fused-ring (bicyclic) bond motifs is 1. The van der Waals surface area contributed by atoms with Gasteiger partial charge in [0.2, 0.25) is 5.91 Å². The van der Waals surface area contributed by atoms with E-state index in [1.165, 1.54) is 0 Å². The van der Waals surface area contributed by atoms with Crippen LogP contribution in [0.15, 0.2) is 6.07 Å². The molecule has 14 heavy (non-hydrogen) atoms. The van der Waals surface area contributed by atoms with Crippen molar-refractivity contribution in [1.29, 1.82) is 0 Å². The first-order chi connectivity index (χ1) is 6.55. The largest absolute Gasteiger partial charge is 0.308 e. The van der Waals surface area contributed by atoms with Crippen LogP contribution >= 0.6 is 0 Å². The van der Waals surface area contributed by atoms with Gasteiger partial charge in [0.25, 0.3) is 0 Å². The van der Waals surface area contributed by atoms with E-state index in [0.717, 1.165) is 17.7 Å². The minimum atomic E-state index is -0.477. The average molecular weight is 191 g/mol. The quantitative estimate of drug-likeness (QED) is 0.727. The predicted octanol–water partition coefficient (Wildman–Crippen LogP) is 1.27. The standard InChI is InChI=1S/C10H13N3O/c1-4-6-5-7-8(13-12-6)11-9(14)10(7,2)3/h5H,4H2,1-3H3,(H,11,13,14). The van der Waals surface area contributed by atoms with Crippen molar-refractivity contribution in [3.63, 3.8) is 0 Å². The summed E-state index contributed by atoms with van der Waals surface area (Å²) < 4.78 is 0. The second-order valence-corrected chi connectivity index (χ2v) is 4.03. The third kappa shape index (κ3) is 1.10. The maximum atomic E-state index is 11.6. The number of rotatable bonds is 1. The molecule has 0 aromatic carbocycles. The molecule has 1 aliphatic rings. The highest BCUT2D eigenvalue weighted by Gasteiger charge is 2.39. The Hall–Kier alpha value is -1.45. The molecule has 1 aromatic heterocycles. The molecule has 4 nitrogen and oxygen atoms in total. The van der Waals surface area contributed by atoms with Crippen molar-refractivity contribution in [1.82, 2.24) is 10.2 Å². The van der Waals surface area contributed by atoms with Gasteiger partial charge in [-0.1, -0.05) is 6.92 Å². The number of hydrogen-bond donors (Lipinski definition) is 1. The van der Waals surface area contributed by atoms with Gasteiger partial charge in [0.1, 0.15) is 0 Å².